The summed E-state index contributed by atoms with van der Waals surface area (Å²) in [6.07, 6.45) is 6.21. The monoisotopic (exact) mass is 241 g/mol. The molecule has 0 radical (unpaired) electrons. The van der Waals surface area contributed by atoms with Gasteiger partial charge in [0.25, 0.3) is 0 Å². The first-order chi connectivity index (χ1) is 7.92. The second-order valence-electron chi connectivity index (χ2n) is 6.30. The van der Waals surface area contributed by atoms with Crippen LogP contribution in [0.2, 0.25) is 0 Å². The molecule has 0 saturated heterocycles. The highest BCUT2D eigenvalue weighted by molar-refractivity contribution is 5.71. The van der Waals surface area contributed by atoms with Crippen molar-refractivity contribution < 1.29 is 9.53 Å². The summed E-state index contributed by atoms with van der Waals surface area (Å²) in [7, 11) is 1.47. The number of methoxy groups -OCH3 is 1. The topological polar surface area (TPSA) is 29.5 Å². The van der Waals surface area contributed by atoms with Crippen molar-refractivity contribution in [2.45, 2.75) is 58.9 Å². The normalized spacial score (nSPS) is 17.7. The average molecular weight is 241 g/mol. The number of hydrogen-bond acceptors (Lipinski definition) is 3. The third-order valence-corrected chi connectivity index (χ3v) is 3.55. The number of hydrogen-bond donors (Lipinski definition) is 0. The minimum atomic E-state index is -0.106. The molecule has 0 aromatic rings. The first kappa shape index (κ1) is 14.5. The Hall–Kier alpha value is -0.570. The van der Waals surface area contributed by atoms with Gasteiger partial charge in [0.05, 0.1) is 13.7 Å². The lowest BCUT2D eigenvalue weighted by atomic mass is 9.92. The van der Waals surface area contributed by atoms with E-state index in [9.17, 15) is 4.79 Å². The van der Waals surface area contributed by atoms with Crippen molar-refractivity contribution in [3.63, 3.8) is 0 Å². The Balaban J connectivity index is 2.49. The van der Waals surface area contributed by atoms with E-state index >= 15 is 0 Å². The van der Waals surface area contributed by atoms with Gasteiger partial charge in [0.15, 0.2) is 0 Å². The first-order valence-corrected chi connectivity index (χ1v) is 6.73. The molecule has 0 atom stereocenters. The maximum atomic E-state index is 11.4. The van der Waals surface area contributed by atoms with E-state index in [1.54, 1.807) is 0 Å². The summed E-state index contributed by atoms with van der Waals surface area (Å²) >= 11 is 0. The Morgan fingerprint density at radius 1 is 1.29 bits per heavy atom. The second kappa shape index (κ2) is 6.39. The molecular formula is C14H27NO2. The van der Waals surface area contributed by atoms with Crippen molar-refractivity contribution in [1.29, 1.82) is 0 Å². The smallest absolute Gasteiger partial charge is 0.319 e. The molecule has 0 aromatic carbocycles. The van der Waals surface area contributed by atoms with Gasteiger partial charge in [-0.15, -0.1) is 0 Å². The summed E-state index contributed by atoms with van der Waals surface area (Å²) in [5.41, 5.74) is 0.326. The van der Waals surface area contributed by atoms with E-state index in [2.05, 4.69) is 25.7 Å². The number of carbonyl (C=O) groups excluding carboxylic acids is 1. The Bertz CT molecular complexity index is 239. The van der Waals surface area contributed by atoms with Crippen molar-refractivity contribution >= 4 is 5.97 Å². The van der Waals surface area contributed by atoms with Gasteiger partial charge in [-0.2, -0.15) is 0 Å². The second-order valence-corrected chi connectivity index (χ2v) is 6.30. The number of carbonyl (C=O) groups is 1. The molecule has 100 valence electrons. The molecule has 0 heterocycles. The number of rotatable bonds is 5. The highest BCUT2D eigenvalue weighted by atomic mass is 16.5. The fraction of sp³-hybridized carbons (Fsp3) is 0.929. The van der Waals surface area contributed by atoms with Crippen LogP contribution in [-0.2, 0) is 9.53 Å². The largest absolute Gasteiger partial charge is 0.468 e. The molecule has 3 nitrogen and oxygen atoms in total. The average Bonchev–Trinajstić information content (AvgIpc) is 2.75. The molecule has 1 aliphatic carbocycles. The van der Waals surface area contributed by atoms with Gasteiger partial charge >= 0.3 is 5.97 Å². The van der Waals surface area contributed by atoms with Crippen LogP contribution >= 0.6 is 0 Å². The number of esters is 1. The number of nitrogens with zero attached hydrogens (tertiary/aromatic N) is 1. The van der Waals surface area contributed by atoms with E-state index in [1.165, 1.54) is 32.8 Å². The summed E-state index contributed by atoms with van der Waals surface area (Å²) in [5.74, 6) is -0.106. The molecule has 1 rings (SSSR count). The van der Waals surface area contributed by atoms with Gasteiger partial charge in [-0.3, -0.25) is 9.69 Å². The van der Waals surface area contributed by atoms with Gasteiger partial charge in [-0.25, -0.2) is 0 Å². The maximum Gasteiger partial charge on any atom is 0.319 e. The molecule has 0 unspecified atom stereocenters. The van der Waals surface area contributed by atoms with Gasteiger partial charge in [0, 0.05) is 6.04 Å². The fourth-order valence-corrected chi connectivity index (χ4v) is 2.37. The molecule has 0 amide bonds. The van der Waals surface area contributed by atoms with Crippen LogP contribution in [-0.4, -0.2) is 37.1 Å². The van der Waals surface area contributed by atoms with Crippen LogP contribution in [0.25, 0.3) is 0 Å². The number of ether oxygens (including phenoxy) is 1. The Morgan fingerprint density at radius 3 is 2.35 bits per heavy atom. The van der Waals surface area contributed by atoms with Crippen LogP contribution in [0, 0.1) is 5.41 Å². The summed E-state index contributed by atoms with van der Waals surface area (Å²) in [5, 5.41) is 0. The van der Waals surface area contributed by atoms with Crippen LogP contribution in [0.3, 0.4) is 0 Å². The lowest BCUT2D eigenvalue weighted by molar-refractivity contribution is -0.142. The molecule has 0 bridgehead atoms. The molecule has 17 heavy (non-hydrogen) atoms. The summed E-state index contributed by atoms with van der Waals surface area (Å²) in [4.78, 5) is 13.8. The maximum absolute atomic E-state index is 11.4. The van der Waals surface area contributed by atoms with E-state index in [0.717, 1.165) is 13.0 Å². The molecular weight excluding hydrogens is 214 g/mol. The van der Waals surface area contributed by atoms with Gasteiger partial charge < -0.3 is 4.74 Å². The third-order valence-electron chi connectivity index (χ3n) is 3.55. The van der Waals surface area contributed by atoms with Crippen LogP contribution in [0.1, 0.15) is 52.9 Å². The van der Waals surface area contributed by atoms with Gasteiger partial charge in [0.2, 0.25) is 0 Å². The summed E-state index contributed by atoms with van der Waals surface area (Å²) in [6, 6.07) is 0.594. The van der Waals surface area contributed by atoms with Crippen molar-refractivity contribution in [2.75, 3.05) is 20.2 Å². The van der Waals surface area contributed by atoms with Crippen molar-refractivity contribution in [3.8, 4) is 0 Å². The summed E-state index contributed by atoms with van der Waals surface area (Å²) < 4.78 is 4.79. The van der Waals surface area contributed by atoms with Gasteiger partial charge in [-0.05, 0) is 31.2 Å². The molecule has 0 spiro atoms. The lowest BCUT2D eigenvalue weighted by Crippen LogP contribution is -2.39. The summed E-state index contributed by atoms with van der Waals surface area (Å²) in [6.45, 7) is 8.20. The van der Waals surface area contributed by atoms with Crippen molar-refractivity contribution in [1.82, 2.24) is 4.90 Å². The standard InChI is InChI=1S/C14H27NO2/c1-14(2,3)9-10-15(11-13(16)17-4)12-7-5-6-8-12/h12H,5-11H2,1-4H3. The highest BCUT2D eigenvalue weighted by Crippen LogP contribution is 2.26. The quantitative estimate of drug-likeness (QED) is 0.693. The van der Waals surface area contributed by atoms with Crippen molar-refractivity contribution in [2.24, 2.45) is 5.41 Å². The highest BCUT2D eigenvalue weighted by Gasteiger charge is 2.25. The van der Waals surface area contributed by atoms with Crippen LogP contribution in [0.15, 0.2) is 0 Å². The lowest BCUT2D eigenvalue weighted by Gasteiger charge is -2.30. The zero-order valence-corrected chi connectivity index (χ0v) is 11.8. The predicted molar refractivity (Wildman–Crippen MR) is 69.9 cm³/mol. The van der Waals surface area contributed by atoms with Crippen molar-refractivity contribution in [3.05, 3.63) is 0 Å². The molecule has 3 heteroatoms. The zero-order chi connectivity index (χ0) is 12.9. The van der Waals surface area contributed by atoms with Crippen LogP contribution < -0.4 is 0 Å². The Labute approximate surface area is 106 Å². The first-order valence-electron chi connectivity index (χ1n) is 6.73. The van der Waals surface area contributed by atoms with E-state index in [-0.39, 0.29) is 5.97 Å². The molecule has 0 N–H and O–H groups in total. The van der Waals surface area contributed by atoms with Crippen LogP contribution in [0.5, 0.6) is 0 Å². The van der Waals surface area contributed by atoms with Crippen LogP contribution in [0.4, 0.5) is 0 Å². The van der Waals surface area contributed by atoms with E-state index in [4.69, 9.17) is 4.74 Å². The Morgan fingerprint density at radius 2 is 1.88 bits per heavy atom. The fourth-order valence-electron chi connectivity index (χ4n) is 2.37. The van der Waals surface area contributed by atoms with E-state index < -0.39 is 0 Å². The predicted octanol–water partition coefficient (Wildman–Crippen LogP) is 2.84. The molecule has 0 aliphatic heterocycles. The third kappa shape index (κ3) is 5.53. The molecule has 1 aliphatic rings. The van der Waals surface area contributed by atoms with E-state index in [1.807, 2.05) is 0 Å². The van der Waals surface area contributed by atoms with Gasteiger partial charge in [-0.1, -0.05) is 33.6 Å². The van der Waals surface area contributed by atoms with E-state index in [0.29, 0.717) is 18.0 Å². The SMILES string of the molecule is COC(=O)CN(CCC(C)(C)C)C1CCCC1. The zero-order valence-electron chi connectivity index (χ0n) is 11.8. The van der Waals surface area contributed by atoms with Gasteiger partial charge in [0.1, 0.15) is 0 Å². The molecule has 1 fully saturated rings. The molecule has 0 aromatic heterocycles. The minimum Gasteiger partial charge on any atom is -0.468 e. The minimum absolute atomic E-state index is 0.106. The Kier molecular flexibility index (Phi) is 5.44. The molecule has 1 saturated carbocycles.